The van der Waals surface area contributed by atoms with Gasteiger partial charge in [0.25, 0.3) is 0 Å². The van der Waals surface area contributed by atoms with Crippen molar-refractivity contribution in [2.45, 2.75) is 25.8 Å². The van der Waals surface area contributed by atoms with Gasteiger partial charge in [-0.15, -0.1) is 0 Å². The summed E-state index contributed by atoms with van der Waals surface area (Å²) in [7, 11) is 3.57. The lowest BCUT2D eigenvalue weighted by Gasteiger charge is -2.13. The number of aromatic nitrogens is 3. The number of aryl methyl sites for hydroxylation is 1. The maximum absolute atomic E-state index is 5.16. The van der Waals surface area contributed by atoms with E-state index in [1.165, 1.54) is 5.56 Å². The lowest BCUT2D eigenvalue weighted by Crippen LogP contribution is -2.30. The topological polar surface area (TPSA) is 52.0 Å². The van der Waals surface area contributed by atoms with Gasteiger partial charge in [0, 0.05) is 26.1 Å². The Morgan fingerprint density at radius 1 is 1.30 bits per heavy atom. The minimum atomic E-state index is 0.423. The van der Waals surface area contributed by atoms with Crippen LogP contribution in [0.15, 0.2) is 30.6 Å². The first-order valence-corrected chi connectivity index (χ1v) is 6.88. The van der Waals surface area contributed by atoms with Gasteiger partial charge >= 0.3 is 0 Å². The second-order valence-electron chi connectivity index (χ2n) is 4.99. The highest BCUT2D eigenvalue weighted by atomic mass is 16.5. The normalized spacial score (nSPS) is 12.3. The Morgan fingerprint density at radius 2 is 2.05 bits per heavy atom. The van der Waals surface area contributed by atoms with Gasteiger partial charge in [0.15, 0.2) is 5.82 Å². The molecule has 1 aromatic heterocycles. The monoisotopic (exact) mass is 274 g/mol. The number of hydrogen-bond acceptors (Lipinski definition) is 4. The summed E-state index contributed by atoms with van der Waals surface area (Å²) >= 11 is 0. The van der Waals surface area contributed by atoms with Crippen LogP contribution in [0, 0.1) is 0 Å². The summed E-state index contributed by atoms with van der Waals surface area (Å²) in [6.45, 7) is 3.08. The van der Waals surface area contributed by atoms with Crippen molar-refractivity contribution in [3.05, 3.63) is 42.0 Å². The van der Waals surface area contributed by atoms with Crippen LogP contribution in [-0.2, 0) is 19.9 Å². The molecule has 0 bridgehead atoms. The van der Waals surface area contributed by atoms with Crippen LogP contribution in [0.3, 0.4) is 0 Å². The van der Waals surface area contributed by atoms with Crippen LogP contribution in [0.5, 0.6) is 5.75 Å². The van der Waals surface area contributed by atoms with Gasteiger partial charge in [-0.3, -0.25) is 4.68 Å². The summed E-state index contributed by atoms with van der Waals surface area (Å²) in [5.74, 6) is 1.78. The van der Waals surface area contributed by atoms with Gasteiger partial charge in [-0.1, -0.05) is 12.1 Å². The molecule has 0 saturated heterocycles. The average Bonchev–Trinajstić information content (AvgIpc) is 2.85. The molecule has 2 rings (SSSR count). The number of ether oxygens (including phenoxy) is 1. The smallest absolute Gasteiger partial charge is 0.151 e. The van der Waals surface area contributed by atoms with Gasteiger partial charge in [0.05, 0.1) is 7.11 Å². The molecule has 0 spiro atoms. The quantitative estimate of drug-likeness (QED) is 0.833. The first-order valence-electron chi connectivity index (χ1n) is 6.88. The molecule has 5 heteroatoms. The lowest BCUT2D eigenvalue weighted by molar-refractivity contribution is 0.414. The molecule has 1 atom stereocenters. The first-order chi connectivity index (χ1) is 9.67. The summed E-state index contributed by atoms with van der Waals surface area (Å²) in [6.07, 6.45) is 3.59. The second-order valence-corrected chi connectivity index (χ2v) is 4.99. The summed E-state index contributed by atoms with van der Waals surface area (Å²) in [4.78, 5) is 4.21. The summed E-state index contributed by atoms with van der Waals surface area (Å²) in [5, 5.41) is 7.76. The molecule has 1 N–H and O–H groups in total. The summed E-state index contributed by atoms with van der Waals surface area (Å²) in [5.41, 5.74) is 1.31. The van der Waals surface area contributed by atoms with Crippen LogP contribution in [-0.4, -0.2) is 34.5 Å². The summed E-state index contributed by atoms with van der Waals surface area (Å²) in [6, 6.07) is 8.64. The van der Waals surface area contributed by atoms with E-state index in [0.717, 1.165) is 31.0 Å². The predicted octanol–water partition coefficient (Wildman–Crippen LogP) is 1.59. The Kier molecular flexibility index (Phi) is 5.12. The highest BCUT2D eigenvalue weighted by molar-refractivity contribution is 5.27. The van der Waals surface area contributed by atoms with Crippen molar-refractivity contribution in [2.24, 2.45) is 7.05 Å². The zero-order valence-electron chi connectivity index (χ0n) is 12.3. The number of rotatable bonds is 7. The van der Waals surface area contributed by atoms with E-state index in [2.05, 4.69) is 34.5 Å². The zero-order valence-corrected chi connectivity index (χ0v) is 12.3. The maximum atomic E-state index is 5.16. The van der Waals surface area contributed by atoms with Gasteiger partial charge < -0.3 is 10.1 Å². The molecule has 1 heterocycles. The third-order valence-corrected chi connectivity index (χ3v) is 3.19. The Hall–Kier alpha value is -1.88. The van der Waals surface area contributed by atoms with Crippen LogP contribution in [0.2, 0.25) is 0 Å². The molecule has 0 saturated carbocycles. The van der Waals surface area contributed by atoms with E-state index in [9.17, 15) is 0 Å². The Balaban J connectivity index is 1.72. The fourth-order valence-electron chi connectivity index (χ4n) is 2.12. The first kappa shape index (κ1) is 14.5. The molecule has 0 aliphatic heterocycles. The largest absolute Gasteiger partial charge is 0.497 e. The zero-order chi connectivity index (χ0) is 14.4. The molecule has 20 heavy (non-hydrogen) atoms. The van der Waals surface area contributed by atoms with E-state index < -0.39 is 0 Å². The minimum absolute atomic E-state index is 0.423. The Labute approximate surface area is 120 Å². The van der Waals surface area contributed by atoms with E-state index in [0.29, 0.717) is 6.04 Å². The molecule has 1 aromatic carbocycles. The lowest BCUT2D eigenvalue weighted by atomic mass is 10.1. The van der Waals surface area contributed by atoms with Crippen molar-refractivity contribution >= 4 is 0 Å². The van der Waals surface area contributed by atoms with Gasteiger partial charge in [-0.25, -0.2) is 4.98 Å². The molecule has 0 fully saturated rings. The molecule has 2 aromatic rings. The number of nitrogens with zero attached hydrogens (tertiary/aromatic N) is 3. The standard InChI is InChI=1S/C15H22N4O/c1-12(10-13-4-6-14(20-3)7-5-13)16-9-8-15-17-11-19(2)18-15/h4-7,11-12,16H,8-10H2,1-3H3. The molecule has 1 unspecified atom stereocenters. The fourth-order valence-corrected chi connectivity index (χ4v) is 2.12. The number of hydrogen-bond donors (Lipinski definition) is 1. The predicted molar refractivity (Wildman–Crippen MR) is 78.9 cm³/mol. The molecular weight excluding hydrogens is 252 g/mol. The fraction of sp³-hybridized carbons (Fsp3) is 0.467. The van der Waals surface area contributed by atoms with Crippen molar-refractivity contribution in [2.75, 3.05) is 13.7 Å². The molecule has 108 valence electrons. The van der Waals surface area contributed by atoms with Crippen LogP contribution < -0.4 is 10.1 Å². The molecule has 0 amide bonds. The van der Waals surface area contributed by atoms with Crippen LogP contribution >= 0.6 is 0 Å². The molecular formula is C15H22N4O. The third-order valence-electron chi connectivity index (χ3n) is 3.19. The second kappa shape index (κ2) is 7.05. The van der Waals surface area contributed by atoms with Gasteiger partial charge in [-0.2, -0.15) is 5.10 Å². The van der Waals surface area contributed by atoms with E-state index in [4.69, 9.17) is 4.74 Å². The van der Waals surface area contributed by atoms with E-state index in [1.54, 1.807) is 18.1 Å². The highest BCUT2D eigenvalue weighted by Gasteiger charge is 2.04. The Bertz CT molecular complexity index is 521. The Morgan fingerprint density at radius 3 is 2.65 bits per heavy atom. The molecule has 0 aliphatic carbocycles. The number of methoxy groups -OCH3 is 1. The van der Waals surface area contributed by atoms with Gasteiger partial charge in [-0.05, 0) is 31.0 Å². The maximum Gasteiger partial charge on any atom is 0.151 e. The highest BCUT2D eigenvalue weighted by Crippen LogP contribution is 2.12. The van der Waals surface area contributed by atoms with Crippen molar-refractivity contribution in [3.8, 4) is 5.75 Å². The van der Waals surface area contributed by atoms with Crippen molar-refractivity contribution < 1.29 is 4.74 Å². The summed E-state index contributed by atoms with van der Waals surface area (Å²) < 4.78 is 6.89. The van der Waals surface area contributed by atoms with Gasteiger partial charge in [0.1, 0.15) is 12.1 Å². The van der Waals surface area contributed by atoms with Crippen LogP contribution in [0.4, 0.5) is 0 Å². The molecule has 0 radical (unpaired) electrons. The van der Waals surface area contributed by atoms with E-state index in [1.807, 2.05) is 19.2 Å². The van der Waals surface area contributed by atoms with E-state index >= 15 is 0 Å². The van der Waals surface area contributed by atoms with E-state index in [-0.39, 0.29) is 0 Å². The molecule has 0 aliphatic rings. The minimum Gasteiger partial charge on any atom is -0.497 e. The molecule has 5 nitrogen and oxygen atoms in total. The van der Waals surface area contributed by atoms with Crippen molar-refractivity contribution in [1.29, 1.82) is 0 Å². The van der Waals surface area contributed by atoms with Crippen LogP contribution in [0.1, 0.15) is 18.3 Å². The number of benzene rings is 1. The third kappa shape index (κ3) is 4.35. The van der Waals surface area contributed by atoms with Crippen molar-refractivity contribution in [1.82, 2.24) is 20.1 Å². The SMILES string of the molecule is COc1ccc(CC(C)NCCc2ncn(C)n2)cc1. The van der Waals surface area contributed by atoms with Gasteiger partial charge in [0.2, 0.25) is 0 Å². The van der Waals surface area contributed by atoms with Crippen molar-refractivity contribution in [3.63, 3.8) is 0 Å². The van der Waals surface area contributed by atoms with Crippen LogP contribution in [0.25, 0.3) is 0 Å². The average molecular weight is 274 g/mol. The number of nitrogens with one attached hydrogen (secondary N) is 1.